The maximum atomic E-state index is 10.9. The Morgan fingerprint density at radius 2 is 1.56 bits per heavy atom. The lowest BCUT2D eigenvalue weighted by Crippen LogP contribution is -2.19. The molecule has 0 spiro atoms. The zero-order valence-corrected chi connectivity index (χ0v) is 16.4. The van der Waals surface area contributed by atoms with Crippen molar-refractivity contribution in [1.29, 1.82) is 0 Å². The van der Waals surface area contributed by atoms with Gasteiger partial charge in [0.25, 0.3) is 0 Å². The highest BCUT2D eigenvalue weighted by atomic mass is 16.6. The first-order chi connectivity index (χ1) is 11.4. The second-order valence-corrected chi connectivity index (χ2v) is 8.37. The Hall–Kier alpha value is -2.30. The maximum Gasteiger partial charge on any atom is 0.139 e. The van der Waals surface area contributed by atoms with Crippen LogP contribution in [0.1, 0.15) is 69.7 Å². The van der Waals surface area contributed by atoms with Crippen LogP contribution < -0.4 is 0 Å². The number of aromatic hydroxyl groups is 1. The molecule has 5 nitrogen and oxygen atoms in total. The SMILES string of the molecule is CON=C(c1cc(C(C)(C)C)c(O)c(C(C)(C)C)c1)c1cc(C)on1. The van der Waals surface area contributed by atoms with E-state index in [4.69, 9.17) is 9.36 Å². The van der Waals surface area contributed by atoms with Gasteiger partial charge in [0, 0.05) is 22.8 Å². The van der Waals surface area contributed by atoms with Crippen LogP contribution in [0.5, 0.6) is 5.75 Å². The Balaban J connectivity index is 2.77. The molecule has 136 valence electrons. The molecule has 0 aliphatic heterocycles. The van der Waals surface area contributed by atoms with Crippen molar-refractivity contribution in [3.63, 3.8) is 0 Å². The molecular formula is C20H28N2O3. The molecule has 2 aromatic rings. The molecule has 1 aromatic heterocycles. The Labute approximate surface area is 149 Å². The number of hydrogen-bond donors (Lipinski definition) is 1. The molecule has 0 radical (unpaired) electrons. The number of benzene rings is 1. The minimum Gasteiger partial charge on any atom is -0.507 e. The molecule has 0 amide bonds. The van der Waals surface area contributed by atoms with Crippen molar-refractivity contribution in [2.24, 2.45) is 5.16 Å². The molecule has 0 unspecified atom stereocenters. The Morgan fingerprint density at radius 3 is 1.92 bits per heavy atom. The smallest absolute Gasteiger partial charge is 0.139 e. The summed E-state index contributed by atoms with van der Waals surface area (Å²) in [6.07, 6.45) is 0. The average Bonchev–Trinajstić information content (AvgIpc) is 2.89. The second kappa shape index (κ2) is 6.54. The Morgan fingerprint density at radius 1 is 1.04 bits per heavy atom. The molecule has 0 aliphatic rings. The number of aryl methyl sites for hydroxylation is 1. The van der Waals surface area contributed by atoms with E-state index in [1.54, 1.807) is 0 Å². The third-order valence-electron chi connectivity index (χ3n) is 4.05. The third kappa shape index (κ3) is 4.03. The van der Waals surface area contributed by atoms with Crippen LogP contribution >= 0.6 is 0 Å². The van der Waals surface area contributed by atoms with Gasteiger partial charge in [0.1, 0.15) is 30.0 Å². The van der Waals surface area contributed by atoms with Gasteiger partial charge in [-0.15, -0.1) is 0 Å². The van der Waals surface area contributed by atoms with Crippen LogP contribution in [-0.2, 0) is 15.7 Å². The van der Waals surface area contributed by atoms with E-state index in [-0.39, 0.29) is 10.8 Å². The predicted molar refractivity (Wildman–Crippen MR) is 99.4 cm³/mol. The highest BCUT2D eigenvalue weighted by Crippen LogP contribution is 2.40. The van der Waals surface area contributed by atoms with Crippen LogP contribution in [0.15, 0.2) is 27.9 Å². The standard InChI is InChI=1S/C20H28N2O3/c1-12-9-16(21-25-12)17(22-24-8)13-10-14(19(2,3)4)18(23)15(11-13)20(5,6)7/h9-11,23H,1-8H3. The number of oxime groups is 1. The average molecular weight is 344 g/mol. The predicted octanol–water partition coefficient (Wildman–Crippen LogP) is 4.68. The fourth-order valence-corrected chi connectivity index (χ4v) is 2.73. The number of nitrogens with zero attached hydrogens (tertiary/aromatic N) is 2. The number of aromatic nitrogens is 1. The van der Waals surface area contributed by atoms with Gasteiger partial charge in [-0.25, -0.2) is 0 Å². The van der Waals surface area contributed by atoms with E-state index in [0.717, 1.165) is 16.7 Å². The van der Waals surface area contributed by atoms with Crippen molar-refractivity contribution in [2.45, 2.75) is 59.3 Å². The summed E-state index contributed by atoms with van der Waals surface area (Å²) < 4.78 is 5.20. The van der Waals surface area contributed by atoms with Crippen LogP contribution in [0.25, 0.3) is 0 Å². The van der Waals surface area contributed by atoms with E-state index < -0.39 is 0 Å². The monoisotopic (exact) mass is 344 g/mol. The fourth-order valence-electron chi connectivity index (χ4n) is 2.73. The lowest BCUT2D eigenvalue weighted by Gasteiger charge is -2.28. The molecule has 5 heteroatoms. The normalized spacial score (nSPS) is 13.2. The quantitative estimate of drug-likeness (QED) is 0.648. The molecule has 0 saturated heterocycles. The van der Waals surface area contributed by atoms with Gasteiger partial charge in [-0.1, -0.05) is 51.9 Å². The van der Waals surface area contributed by atoms with Crippen LogP contribution in [0, 0.1) is 6.92 Å². The van der Waals surface area contributed by atoms with Crippen molar-refractivity contribution in [3.8, 4) is 5.75 Å². The minimum absolute atomic E-state index is 0.224. The van der Waals surface area contributed by atoms with E-state index in [9.17, 15) is 5.11 Å². The topological polar surface area (TPSA) is 67.8 Å². The summed E-state index contributed by atoms with van der Waals surface area (Å²) in [5.41, 5.74) is 3.29. The summed E-state index contributed by atoms with van der Waals surface area (Å²) in [6.45, 7) is 14.3. The van der Waals surface area contributed by atoms with Crippen LogP contribution in [0.3, 0.4) is 0 Å². The molecule has 2 rings (SSSR count). The molecule has 0 bridgehead atoms. The number of rotatable bonds is 3. The number of phenolic OH excluding ortho intramolecular Hbond substituents is 1. The zero-order chi connectivity index (χ0) is 19.0. The lowest BCUT2D eigenvalue weighted by molar-refractivity contribution is 0.213. The van der Waals surface area contributed by atoms with Gasteiger partial charge in [0.15, 0.2) is 0 Å². The van der Waals surface area contributed by atoms with E-state index in [1.165, 1.54) is 7.11 Å². The maximum absolute atomic E-state index is 10.9. The summed E-state index contributed by atoms with van der Waals surface area (Å²) in [5, 5.41) is 19.1. The van der Waals surface area contributed by atoms with E-state index in [0.29, 0.717) is 22.9 Å². The van der Waals surface area contributed by atoms with E-state index >= 15 is 0 Å². The van der Waals surface area contributed by atoms with Gasteiger partial charge in [0.05, 0.1) is 0 Å². The van der Waals surface area contributed by atoms with Crippen molar-refractivity contribution < 1.29 is 14.5 Å². The molecular weight excluding hydrogens is 316 g/mol. The second-order valence-electron chi connectivity index (χ2n) is 8.37. The van der Waals surface area contributed by atoms with E-state index in [1.807, 2.05) is 25.1 Å². The fraction of sp³-hybridized carbons (Fsp3) is 0.500. The van der Waals surface area contributed by atoms with Crippen LogP contribution in [0.2, 0.25) is 0 Å². The molecule has 0 saturated carbocycles. The first-order valence-corrected chi connectivity index (χ1v) is 8.38. The Bertz CT molecular complexity index is 755. The van der Waals surface area contributed by atoms with Gasteiger partial charge < -0.3 is 14.5 Å². The summed E-state index contributed by atoms with van der Waals surface area (Å²) in [5.74, 6) is 1.03. The number of phenols is 1. The summed E-state index contributed by atoms with van der Waals surface area (Å²) in [4.78, 5) is 5.05. The molecule has 0 fully saturated rings. The molecule has 25 heavy (non-hydrogen) atoms. The van der Waals surface area contributed by atoms with Gasteiger partial charge in [-0.2, -0.15) is 0 Å². The summed E-state index contributed by atoms with van der Waals surface area (Å²) >= 11 is 0. The van der Waals surface area contributed by atoms with Gasteiger partial charge >= 0.3 is 0 Å². The molecule has 1 aromatic carbocycles. The first kappa shape index (κ1) is 19.0. The van der Waals surface area contributed by atoms with Crippen LogP contribution in [-0.4, -0.2) is 23.1 Å². The minimum atomic E-state index is -0.224. The Kier molecular flexibility index (Phi) is 4.98. The van der Waals surface area contributed by atoms with Crippen molar-refractivity contribution >= 4 is 5.71 Å². The molecule has 0 atom stereocenters. The van der Waals surface area contributed by atoms with Crippen molar-refractivity contribution in [2.75, 3.05) is 7.11 Å². The largest absolute Gasteiger partial charge is 0.507 e. The van der Waals surface area contributed by atoms with Crippen molar-refractivity contribution in [3.05, 3.63) is 46.3 Å². The zero-order valence-electron chi connectivity index (χ0n) is 16.4. The van der Waals surface area contributed by atoms with Crippen molar-refractivity contribution in [1.82, 2.24) is 5.16 Å². The van der Waals surface area contributed by atoms with E-state index in [2.05, 4.69) is 51.9 Å². The summed E-state index contributed by atoms with van der Waals surface area (Å²) in [6, 6.07) is 5.72. The van der Waals surface area contributed by atoms with Gasteiger partial charge in [-0.05, 0) is 29.9 Å². The molecule has 1 N–H and O–H groups in total. The highest BCUT2D eigenvalue weighted by Gasteiger charge is 2.28. The van der Waals surface area contributed by atoms with Crippen LogP contribution in [0.4, 0.5) is 0 Å². The van der Waals surface area contributed by atoms with Gasteiger partial charge in [-0.3, -0.25) is 0 Å². The first-order valence-electron chi connectivity index (χ1n) is 8.38. The van der Waals surface area contributed by atoms with Gasteiger partial charge in [0.2, 0.25) is 0 Å². The molecule has 0 aliphatic carbocycles. The third-order valence-corrected chi connectivity index (χ3v) is 4.05. The number of hydrogen-bond acceptors (Lipinski definition) is 5. The lowest BCUT2D eigenvalue weighted by atomic mass is 9.78. The summed E-state index contributed by atoms with van der Waals surface area (Å²) in [7, 11) is 1.50. The molecule has 1 heterocycles. The highest BCUT2D eigenvalue weighted by molar-refractivity contribution is 6.11.